The number of hydrogen-bond acceptors (Lipinski definition) is 5. The molecule has 0 saturated heterocycles. The Hall–Kier alpha value is -1.92. The third-order valence-corrected chi connectivity index (χ3v) is 2.05. The van der Waals surface area contributed by atoms with Gasteiger partial charge in [0, 0.05) is 13.0 Å². The topological polar surface area (TPSA) is 96.5 Å². The zero-order valence-corrected chi connectivity index (χ0v) is 8.01. The lowest BCUT2D eigenvalue weighted by molar-refractivity contribution is -0.116. The maximum Gasteiger partial charge on any atom is 0.393 e. The summed E-state index contributed by atoms with van der Waals surface area (Å²) in [5, 5.41) is 15.4. The second-order valence-corrected chi connectivity index (χ2v) is 3.32. The average molecular weight is 211 g/mol. The van der Waals surface area contributed by atoms with Crippen LogP contribution in [0.4, 0.5) is 6.01 Å². The molecule has 0 unspecified atom stereocenters. The Bertz CT molecular complexity index is 410. The minimum absolute atomic E-state index is 0.0394. The predicted molar refractivity (Wildman–Crippen MR) is 47.4 cm³/mol. The van der Waals surface area contributed by atoms with Gasteiger partial charge in [0.1, 0.15) is 0 Å². The molecule has 7 heteroatoms. The molecule has 1 aliphatic carbocycles. The molecule has 2 rings (SSSR count). The van der Waals surface area contributed by atoms with Crippen LogP contribution in [-0.2, 0) is 4.79 Å². The van der Waals surface area contributed by atoms with Gasteiger partial charge in [0.15, 0.2) is 0 Å². The SMILES string of the molecule is CC(=O)N(c1nnc(C(=O)O)o1)C1CC1. The van der Waals surface area contributed by atoms with E-state index in [4.69, 9.17) is 9.52 Å². The van der Waals surface area contributed by atoms with E-state index in [1.165, 1.54) is 11.8 Å². The Morgan fingerprint density at radius 2 is 2.13 bits per heavy atom. The smallest absolute Gasteiger partial charge is 0.393 e. The maximum atomic E-state index is 11.3. The summed E-state index contributed by atoms with van der Waals surface area (Å²) >= 11 is 0. The van der Waals surface area contributed by atoms with Gasteiger partial charge in [0.05, 0.1) is 0 Å². The van der Waals surface area contributed by atoms with E-state index in [1.54, 1.807) is 0 Å². The zero-order chi connectivity index (χ0) is 11.0. The van der Waals surface area contributed by atoms with Gasteiger partial charge in [0.25, 0.3) is 0 Å². The molecule has 0 bridgehead atoms. The van der Waals surface area contributed by atoms with Crippen molar-refractivity contribution in [1.29, 1.82) is 0 Å². The summed E-state index contributed by atoms with van der Waals surface area (Å²) in [7, 11) is 0. The molecule has 1 saturated carbocycles. The standard InChI is InChI=1S/C8H9N3O4/c1-4(12)11(5-2-3-5)8-10-9-6(15-8)7(13)14/h5H,2-3H2,1H3,(H,13,14). The molecule has 0 aliphatic heterocycles. The maximum absolute atomic E-state index is 11.3. The number of nitrogens with zero attached hydrogens (tertiary/aromatic N) is 3. The highest BCUT2D eigenvalue weighted by molar-refractivity contribution is 5.90. The number of carboxylic acids is 1. The van der Waals surface area contributed by atoms with E-state index < -0.39 is 11.9 Å². The summed E-state index contributed by atoms with van der Waals surface area (Å²) < 4.78 is 4.85. The highest BCUT2D eigenvalue weighted by Crippen LogP contribution is 2.30. The largest absolute Gasteiger partial charge is 0.474 e. The quantitative estimate of drug-likeness (QED) is 0.771. The fourth-order valence-electron chi connectivity index (χ4n) is 1.28. The first-order valence-electron chi connectivity index (χ1n) is 4.46. The van der Waals surface area contributed by atoms with Crippen LogP contribution in [0.15, 0.2) is 4.42 Å². The first-order valence-corrected chi connectivity index (χ1v) is 4.46. The Labute approximate surface area is 84.7 Å². The molecule has 80 valence electrons. The van der Waals surface area contributed by atoms with Gasteiger partial charge in [-0.3, -0.25) is 9.69 Å². The monoisotopic (exact) mass is 211 g/mol. The normalized spacial score (nSPS) is 15.0. The Balaban J connectivity index is 2.25. The van der Waals surface area contributed by atoms with E-state index in [0.29, 0.717) is 0 Å². The van der Waals surface area contributed by atoms with Crippen molar-refractivity contribution in [3.8, 4) is 0 Å². The summed E-state index contributed by atoms with van der Waals surface area (Å²) in [6.45, 7) is 1.38. The van der Waals surface area contributed by atoms with Crippen molar-refractivity contribution >= 4 is 17.9 Å². The number of carbonyl (C=O) groups excluding carboxylic acids is 1. The van der Waals surface area contributed by atoms with Gasteiger partial charge >= 0.3 is 17.9 Å². The van der Waals surface area contributed by atoms with Crippen molar-refractivity contribution in [3.05, 3.63) is 5.89 Å². The fourth-order valence-corrected chi connectivity index (χ4v) is 1.28. The van der Waals surface area contributed by atoms with Crippen LogP contribution in [0.2, 0.25) is 0 Å². The van der Waals surface area contributed by atoms with E-state index in [-0.39, 0.29) is 18.0 Å². The Morgan fingerprint density at radius 1 is 1.47 bits per heavy atom. The van der Waals surface area contributed by atoms with Gasteiger partial charge in [-0.1, -0.05) is 10.2 Å². The lowest BCUT2D eigenvalue weighted by Gasteiger charge is -2.13. The molecule has 0 radical (unpaired) electrons. The van der Waals surface area contributed by atoms with Crippen LogP contribution in [0, 0.1) is 0 Å². The molecular formula is C8H9N3O4. The molecule has 1 fully saturated rings. The van der Waals surface area contributed by atoms with Crippen LogP contribution in [0.3, 0.4) is 0 Å². The summed E-state index contributed by atoms with van der Waals surface area (Å²) in [5.74, 6) is -2.02. The lowest BCUT2D eigenvalue weighted by atomic mass is 10.5. The van der Waals surface area contributed by atoms with Gasteiger partial charge in [-0.2, -0.15) is 0 Å². The Morgan fingerprint density at radius 3 is 2.53 bits per heavy atom. The van der Waals surface area contributed by atoms with Crippen LogP contribution < -0.4 is 4.90 Å². The van der Waals surface area contributed by atoms with E-state index >= 15 is 0 Å². The first-order chi connectivity index (χ1) is 7.09. The van der Waals surface area contributed by atoms with Gasteiger partial charge in [0.2, 0.25) is 5.91 Å². The molecule has 7 nitrogen and oxygen atoms in total. The second kappa shape index (κ2) is 3.34. The molecule has 1 amide bonds. The molecule has 1 aliphatic rings. The number of hydrogen-bond donors (Lipinski definition) is 1. The number of carbonyl (C=O) groups is 2. The molecular weight excluding hydrogens is 202 g/mol. The van der Waals surface area contributed by atoms with Crippen LogP contribution >= 0.6 is 0 Å². The highest BCUT2D eigenvalue weighted by Gasteiger charge is 2.35. The van der Waals surface area contributed by atoms with Crippen molar-refractivity contribution in [1.82, 2.24) is 10.2 Å². The average Bonchev–Trinajstić information content (AvgIpc) is 2.81. The van der Waals surface area contributed by atoms with Crippen molar-refractivity contribution in [3.63, 3.8) is 0 Å². The van der Waals surface area contributed by atoms with Gasteiger partial charge in [-0.25, -0.2) is 4.79 Å². The summed E-state index contributed by atoms with van der Waals surface area (Å²) in [6.07, 6.45) is 1.76. The zero-order valence-electron chi connectivity index (χ0n) is 8.01. The fraction of sp³-hybridized carbons (Fsp3) is 0.500. The predicted octanol–water partition coefficient (Wildman–Crippen LogP) is 0.283. The van der Waals surface area contributed by atoms with Crippen molar-refractivity contribution < 1.29 is 19.1 Å². The molecule has 15 heavy (non-hydrogen) atoms. The lowest BCUT2D eigenvalue weighted by Crippen LogP contribution is -2.30. The van der Waals surface area contributed by atoms with E-state index in [1.807, 2.05) is 0 Å². The van der Waals surface area contributed by atoms with Crippen LogP contribution in [-0.4, -0.2) is 33.2 Å². The van der Waals surface area contributed by atoms with Gasteiger partial charge < -0.3 is 9.52 Å². The first kappa shape index (κ1) is 9.63. The molecule has 1 N–H and O–H groups in total. The minimum Gasteiger partial charge on any atom is -0.474 e. The van der Waals surface area contributed by atoms with E-state index in [9.17, 15) is 9.59 Å². The molecule has 0 aromatic carbocycles. The summed E-state index contributed by atoms with van der Waals surface area (Å²) in [4.78, 5) is 23.1. The number of carboxylic acid groups (broad SMARTS) is 1. The highest BCUT2D eigenvalue weighted by atomic mass is 16.4. The van der Waals surface area contributed by atoms with Crippen molar-refractivity contribution in [2.75, 3.05) is 4.90 Å². The van der Waals surface area contributed by atoms with Crippen molar-refractivity contribution in [2.24, 2.45) is 0 Å². The van der Waals surface area contributed by atoms with Crippen LogP contribution in [0.5, 0.6) is 0 Å². The third kappa shape index (κ3) is 1.80. The van der Waals surface area contributed by atoms with Crippen LogP contribution in [0.1, 0.15) is 30.5 Å². The van der Waals surface area contributed by atoms with Crippen molar-refractivity contribution in [2.45, 2.75) is 25.8 Å². The molecule has 0 atom stereocenters. The second-order valence-electron chi connectivity index (χ2n) is 3.32. The number of aromatic carboxylic acids is 1. The number of rotatable bonds is 3. The molecule has 1 aromatic rings. The molecule has 0 spiro atoms. The Kier molecular flexibility index (Phi) is 2.14. The third-order valence-electron chi connectivity index (χ3n) is 2.05. The minimum atomic E-state index is -1.30. The van der Waals surface area contributed by atoms with Crippen LogP contribution in [0.25, 0.3) is 0 Å². The van der Waals surface area contributed by atoms with E-state index in [2.05, 4.69) is 10.2 Å². The number of aromatic nitrogens is 2. The molecule has 1 aromatic heterocycles. The summed E-state index contributed by atoms with van der Waals surface area (Å²) in [5.41, 5.74) is 0. The summed E-state index contributed by atoms with van der Waals surface area (Å²) in [6, 6.07) is 0.0343. The van der Waals surface area contributed by atoms with Gasteiger partial charge in [-0.15, -0.1) is 0 Å². The van der Waals surface area contributed by atoms with Gasteiger partial charge in [-0.05, 0) is 12.8 Å². The van der Waals surface area contributed by atoms with E-state index in [0.717, 1.165) is 12.8 Å². The number of amides is 1. The number of anilines is 1. The molecule has 1 heterocycles.